The van der Waals surface area contributed by atoms with Crippen LogP contribution in [0.4, 0.5) is 0 Å². The molecule has 3 saturated heterocycles. The summed E-state index contributed by atoms with van der Waals surface area (Å²) in [7, 11) is 0. The second-order valence-electron chi connectivity index (χ2n) is 5.93. The molecule has 0 saturated carbocycles. The summed E-state index contributed by atoms with van der Waals surface area (Å²) in [4.78, 5) is 0. The summed E-state index contributed by atoms with van der Waals surface area (Å²) in [6, 6.07) is 0. The molecule has 18 heavy (non-hydrogen) atoms. The van der Waals surface area contributed by atoms with Crippen molar-refractivity contribution in [1.82, 2.24) is 0 Å². The third-order valence-corrected chi connectivity index (χ3v) is 3.45. The van der Waals surface area contributed by atoms with Gasteiger partial charge in [-0.05, 0) is 27.7 Å². The molecule has 3 rings (SSSR count). The Balaban J connectivity index is 1.68. The van der Waals surface area contributed by atoms with Crippen molar-refractivity contribution in [3.8, 4) is 0 Å². The summed E-state index contributed by atoms with van der Waals surface area (Å²) in [6.07, 6.45) is -2.53. The molecular weight excluding hydrogens is 240 g/mol. The van der Waals surface area contributed by atoms with Crippen LogP contribution >= 0.6 is 0 Å². The van der Waals surface area contributed by atoms with E-state index in [1.165, 1.54) is 0 Å². The van der Waals surface area contributed by atoms with Crippen LogP contribution in [0.5, 0.6) is 0 Å². The molecule has 6 nitrogen and oxygen atoms in total. The molecule has 1 unspecified atom stereocenters. The van der Waals surface area contributed by atoms with E-state index < -0.39 is 36.2 Å². The van der Waals surface area contributed by atoms with Gasteiger partial charge >= 0.3 is 0 Å². The average molecular weight is 260 g/mol. The zero-order chi connectivity index (χ0) is 13.1. The largest absolute Gasteiger partial charge is 0.387 e. The fourth-order valence-corrected chi connectivity index (χ4v) is 2.70. The smallest absolute Gasteiger partial charge is 0.190 e. The van der Waals surface area contributed by atoms with Gasteiger partial charge < -0.3 is 28.8 Å². The summed E-state index contributed by atoms with van der Waals surface area (Å²) in [6.45, 7) is 7.68. The predicted octanol–water partition coefficient (Wildman–Crippen LogP) is 0.375. The number of aliphatic hydroxyl groups excluding tert-OH is 1. The predicted molar refractivity (Wildman–Crippen MR) is 59.6 cm³/mol. The maximum absolute atomic E-state index is 10.3. The first-order valence-electron chi connectivity index (χ1n) is 6.28. The molecule has 5 atom stereocenters. The van der Waals surface area contributed by atoms with Gasteiger partial charge in [-0.1, -0.05) is 0 Å². The van der Waals surface area contributed by atoms with Gasteiger partial charge in [0, 0.05) is 0 Å². The van der Waals surface area contributed by atoms with Crippen LogP contribution in [0.15, 0.2) is 0 Å². The van der Waals surface area contributed by atoms with E-state index in [1.807, 2.05) is 13.8 Å². The number of fused-ring (bicyclic) bond motifs is 1. The Morgan fingerprint density at radius 1 is 0.944 bits per heavy atom. The summed E-state index contributed by atoms with van der Waals surface area (Å²) in [5.74, 6) is -1.35. The lowest BCUT2D eigenvalue weighted by molar-refractivity contribution is -0.232. The summed E-state index contributed by atoms with van der Waals surface area (Å²) >= 11 is 0. The first-order chi connectivity index (χ1) is 8.27. The number of hydrogen-bond donors (Lipinski definition) is 1. The molecule has 0 radical (unpaired) electrons. The molecule has 0 bridgehead atoms. The lowest BCUT2D eigenvalue weighted by Crippen LogP contribution is -2.42. The minimum atomic E-state index is -0.765. The van der Waals surface area contributed by atoms with Gasteiger partial charge in [0.1, 0.15) is 24.4 Å². The molecule has 0 aromatic heterocycles. The molecule has 0 spiro atoms. The lowest BCUT2D eigenvalue weighted by Gasteiger charge is -2.26. The monoisotopic (exact) mass is 260 g/mol. The van der Waals surface area contributed by atoms with Crippen LogP contribution in [-0.2, 0) is 23.7 Å². The molecule has 3 heterocycles. The highest BCUT2D eigenvalue weighted by atomic mass is 16.8. The van der Waals surface area contributed by atoms with Gasteiger partial charge in [0.25, 0.3) is 0 Å². The van der Waals surface area contributed by atoms with Crippen LogP contribution in [0.2, 0.25) is 0 Å². The molecular formula is C12H20O6. The van der Waals surface area contributed by atoms with Crippen LogP contribution < -0.4 is 0 Å². The van der Waals surface area contributed by atoms with Gasteiger partial charge in [-0.3, -0.25) is 0 Å². The van der Waals surface area contributed by atoms with Gasteiger partial charge in [-0.2, -0.15) is 0 Å². The minimum Gasteiger partial charge on any atom is -0.387 e. The van der Waals surface area contributed by atoms with Crippen molar-refractivity contribution in [3.05, 3.63) is 0 Å². The van der Waals surface area contributed by atoms with Gasteiger partial charge in [0.05, 0.1) is 6.61 Å². The standard InChI is InChI=1S/C12H20O6/c1-11(2)14-5-6(16-11)8-7(13)9-10(15-8)18-12(3,4)17-9/h6-10,13H,5H2,1-4H3/t6?,7-,8+,9-,10+/m0/s1. The molecule has 0 aromatic carbocycles. The quantitative estimate of drug-likeness (QED) is 0.735. The third kappa shape index (κ3) is 2.07. The van der Waals surface area contributed by atoms with Crippen LogP contribution in [-0.4, -0.2) is 54.0 Å². The number of rotatable bonds is 1. The van der Waals surface area contributed by atoms with E-state index in [1.54, 1.807) is 13.8 Å². The highest BCUT2D eigenvalue weighted by molar-refractivity contribution is 4.97. The molecule has 3 aliphatic rings. The van der Waals surface area contributed by atoms with E-state index in [2.05, 4.69) is 0 Å². The van der Waals surface area contributed by atoms with E-state index in [-0.39, 0.29) is 6.10 Å². The first kappa shape index (κ1) is 12.8. The Morgan fingerprint density at radius 2 is 1.67 bits per heavy atom. The van der Waals surface area contributed by atoms with Crippen LogP contribution in [0.25, 0.3) is 0 Å². The second-order valence-corrected chi connectivity index (χ2v) is 5.93. The van der Waals surface area contributed by atoms with Gasteiger partial charge in [-0.15, -0.1) is 0 Å². The van der Waals surface area contributed by atoms with Crippen molar-refractivity contribution in [1.29, 1.82) is 0 Å². The molecule has 6 heteroatoms. The zero-order valence-corrected chi connectivity index (χ0v) is 11.1. The van der Waals surface area contributed by atoms with Crippen molar-refractivity contribution in [2.75, 3.05) is 6.61 Å². The summed E-state index contributed by atoms with van der Waals surface area (Å²) in [5.41, 5.74) is 0. The Morgan fingerprint density at radius 3 is 2.22 bits per heavy atom. The number of hydrogen-bond acceptors (Lipinski definition) is 6. The lowest BCUT2D eigenvalue weighted by atomic mass is 10.1. The summed E-state index contributed by atoms with van der Waals surface area (Å²) < 4.78 is 28.1. The number of aliphatic hydroxyl groups is 1. The molecule has 3 fully saturated rings. The van der Waals surface area contributed by atoms with Crippen molar-refractivity contribution >= 4 is 0 Å². The van der Waals surface area contributed by atoms with Crippen molar-refractivity contribution in [3.63, 3.8) is 0 Å². The van der Waals surface area contributed by atoms with E-state index in [0.717, 1.165) is 0 Å². The maximum Gasteiger partial charge on any atom is 0.190 e. The van der Waals surface area contributed by atoms with Crippen LogP contribution in [0.3, 0.4) is 0 Å². The summed E-state index contributed by atoms with van der Waals surface area (Å²) in [5, 5.41) is 10.3. The minimum absolute atomic E-state index is 0.295. The highest BCUT2D eigenvalue weighted by Gasteiger charge is 2.57. The number of ether oxygens (including phenoxy) is 5. The first-order valence-corrected chi connectivity index (χ1v) is 6.28. The zero-order valence-electron chi connectivity index (χ0n) is 11.1. The average Bonchev–Trinajstić information content (AvgIpc) is 2.81. The Bertz CT molecular complexity index is 341. The molecule has 1 N–H and O–H groups in total. The van der Waals surface area contributed by atoms with Crippen molar-refractivity contribution in [2.24, 2.45) is 0 Å². The Labute approximate surface area is 106 Å². The van der Waals surface area contributed by atoms with Crippen LogP contribution in [0.1, 0.15) is 27.7 Å². The van der Waals surface area contributed by atoms with Gasteiger partial charge in [0.2, 0.25) is 0 Å². The topological polar surface area (TPSA) is 66.4 Å². The van der Waals surface area contributed by atoms with Crippen molar-refractivity contribution in [2.45, 2.75) is 70.0 Å². The Hall–Kier alpha value is -0.240. The molecule has 0 amide bonds. The molecule has 104 valence electrons. The highest BCUT2D eigenvalue weighted by Crippen LogP contribution is 2.40. The fourth-order valence-electron chi connectivity index (χ4n) is 2.70. The molecule has 0 aromatic rings. The van der Waals surface area contributed by atoms with E-state index in [9.17, 15) is 5.11 Å². The van der Waals surface area contributed by atoms with Gasteiger partial charge in [0.15, 0.2) is 17.9 Å². The van der Waals surface area contributed by atoms with E-state index >= 15 is 0 Å². The Kier molecular flexibility index (Phi) is 2.75. The normalized spacial score (nSPS) is 49.5. The van der Waals surface area contributed by atoms with E-state index in [4.69, 9.17) is 23.7 Å². The second kappa shape index (κ2) is 3.88. The SMILES string of the molecule is CC1(C)OCC([C@H]2O[C@@H]3OC(C)(C)O[C@H]3[C@H]2O)O1. The van der Waals surface area contributed by atoms with E-state index in [0.29, 0.717) is 6.61 Å². The fraction of sp³-hybridized carbons (Fsp3) is 1.00. The molecule has 0 aliphatic carbocycles. The van der Waals surface area contributed by atoms with Crippen LogP contribution in [0, 0.1) is 0 Å². The van der Waals surface area contributed by atoms with Crippen molar-refractivity contribution < 1.29 is 28.8 Å². The van der Waals surface area contributed by atoms with Gasteiger partial charge in [-0.25, -0.2) is 0 Å². The third-order valence-electron chi connectivity index (χ3n) is 3.45. The maximum atomic E-state index is 10.3. The molecule has 3 aliphatic heterocycles.